The Kier molecular flexibility index (Phi) is 5.39. The maximum atomic E-state index is 10.6. The Bertz CT molecular complexity index is 562. The van der Waals surface area contributed by atoms with Crippen molar-refractivity contribution >= 4 is 11.3 Å². The Labute approximate surface area is 130 Å². The lowest BCUT2D eigenvalue weighted by molar-refractivity contribution is 0.151. The molecule has 0 fully saturated rings. The third-order valence-corrected chi connectivity index (χ3v) is 4.77. The standard InChI is InChI=1S/C17H23NO2S/c1-11(2)12-4-6-13(7-5-12)15(9-18)17(19)16-8-14(20-3)10-21-16/h4-8,10-11,15,17,19H,9,18H2,1-3H3. The Balaban J connectivity index is 2.21. The molecule has 21 heavy (non-hydrogen) atoms. The first kappa shape index (κ1) is 16.0. The van der Waals surface area contributed by atoms with E-state index < -0.39 is 6.10 Å². The maximum Gasteiger partial charge on any atom is 0.129 e. The number of nitrogens with two attached hydrogens (primary N) is 1. The summed E-state index contributed by atoms with van der Waals surface area (Å²) in [7, 11) is 1.63. The van der Waals surface area contributed by atoms with Crippen molar-refractivity contribution in [3.63, 3.8) is 0 Å². The van der Waals surface area contributed by atoms with Crippen LogP contribution in [0.4, 0.5) is 0 Å². The van der Waals surface area contributed by atoms with Gasteiger partial charge >= 0.3 is 0 Å². The Morgan fingerprint density at radius 2 is 1.81 bits per heavy atom. The third-order valence-electron chi connectivity index (χ3n) is 3.79. The lowest BCUT2D eigenvalue weighted by Gasteiger charge is -2.21. The van der Waals surface area contributed by atoms with Gasteiger partial charge in [0, 0.05) is 22.7 Å². The van der Waals surface area contributed by atoms with Crippen molar-refractivity contribution < 1.29 is 9.84 Å². The molecule has 2 atom stereocenters. The number of thiophene rings is 1. The van der Waals surface area contributed by atoms with Gasteiger partial charge < -0.3 is 15.6 Å². The van der Waals surface area contributed by atoms with Crippen LogP contribution in [0.5, 0.6) is 5.75 Å². The van der Waals surface area contributed by atoms with Crippen molar-refractivity contribution in [2.75, 3.05) is 13.7 Å². The van der Waals surface area contributed by atoms with E-state index in [1.165, 1.54) is 16.9 Å². The zero-order chi connectivity index (χ0) is 15.4. The molecule has 3 nitrogen and oxygen atoms in total. The maximum absolute atomic E-state index is 10.6. The van der Waals surface area contributed by atoms with Gasteiger partial charge in [-0.05, 0) is 23.1 Å². The molecule has 2 aromatic rings. The van der Waals surface area contributed by atoms with Gasteiger partial charge in [-0.3, -0.25) is 0 Å². The van der Waals surface area contributed by atoms with Crippen molar-refractivity contribution in [1.82, 2.24) is 0 Å². The van der Waals surface area contributed by atoms with E-state index in [9.17, 15) is 5.11 Å². The highest BCUT2D eigenvalue weighted by molar-refractivity contribution is 7.10. The van der Waals surface area contributed by atoms with Crippen molar-refractivity contribution in [2.24, 2.45) is 5.73 Å². The van der Waals surface area contributed by atoms with Crippen LogP contribution in [0.25, 0.3) is 0 Å². The molecule has 0 radical (unpaired) electrons. The molecule has 1 heterocycles. The molecule has 0 spiro atoms. The van der Waals surface area contributed by atoms with Gasteiger partial charge in [0.05, 0.1) is 13.2 Å². The van der Waals surface area contributed by atoms with Crippen LogP contribution in [0.3, 0.4) is 0 Å². The second-order valence-electron chi connectivity index (χ2n) is 5.50. The fraction of sp³-hybridized carbons (Fsp3) is 0.412. The number of hydrogen-bond acceptors (Lipinski definition) is 4. The number of rotatable bonds is 6. The van der Waals surface area contributed by atoms with Crippen LogP contribution in [0.1, 0.15) is 47.8 Å². The van der Waals surface area contributed by atoms with Gasteiger partial charge in [-0.2, -0.15) is 0 Å². The monoisotopic (exact) mass is 305 g/mol. The van der Waals surface area contributed by atoms with Crippen LogP contribution in [0.2, 0.25) is 0 Å². The summed E-state index contributed by atoms with van der Waals surface area (Å²) in [5, 5.41) is 12.5. The second-order valence-corrected chi connectivity index (χ2v) is 6.44. The molecule has 4 heteroatoms. The van der Waals surface area contributed by atoms with E-state index in [0.29, 0.717) is 12.5 Å². The molecule has 0 aliphatic rings. The first-order valence-corrected chi connectivity index (χ1v) is 8.05. The minimum absolute atomic E-state index is 0.102. The van der Waals surface area contributed by atoms with E-state index in [1.807, 2.05) is 11.4 Å². The lowest BCUT2D eigenvalue weighted by Crippen LogP contribution is -2.19. The highest BCUT2D eigenvalue weighted by Gasteiger charge is 2.23. The summed E-state index contributed by atoms with van der Waals surface area (Å²) in [6.07, 6.45) is -0.603. The summed E-state index contributed by atoms with van der Waals surface area (Å²) in [4.78, 5) is 0.884. The molecule has 1 aromatic carbocycles. The fourth-order valence-corrected chi connectivity index (χ4v) is 3.27. The van der Waals surface area contributed by atoms with Crippen molar-refractivity contribution in [2.45, 2.75) is 31.8 Å². The Morgan fingerprint density at radius 3 is 2.29 bits per heavy atom. The molecule has 0 aliphatic carbocycles. The molecule has 114 valence electrons. The van der Waals surface area contributed by atoms with Crippen molar-refractivity contribution in [1.29, 1.82) is 0 Å². The molecule has 1 aromatic heterocycles. The van der Waals surface area contributed by atoms with Crippen LogP contribution < -0.4 is 10.5 Å². The number of ether oxygens (including phenoxy) is 1. The minimum Gasteiger partial charge on any atom is -0.496 e. The molecule has 2 unspecified atom stereocenters. The van der Waals surface area contributed by atoms with Gasteiger partial charge in [-0.25, -0.2) is 0 Å². The van der Waals surface area contributed by atoms with Gasteiger partial charge in [0.25, 0.3) is 0 Å². The molecule has 0 saturated carbocycles. The topological polar surface area (TPSA) is 55.5 Å². The van der Waals surface area contributed by atoms with E-state index in [-0.39, 0.29) is 5.92 Å². The average Bonchev–Trinajstić information content (AvgIpc) is 2.97. The molecule has 3 N–H and O–H groups in total. The normalized spacial score (nSPS) is 14.2. The van der Waals surface area contributed by atoms with Gasteiger partial charge in [0.2, 0.25) is 0 Å². The van der Waals surface area contributed by atoms with E-state index in [0.717, 1.165) is 16.2 Å². The van der Waals surface area contributed by atoms with E-state index >= 15 is 0 Å². The van der Waals surface area contributed by atoms with Crippen molar-refractivity contribution in [3.8, 4) is 5.75 Å². The zero-order valence-corrected chi connectivity index (χ0v) is 13.6. The molecular weight excluding hydrogens is 282 g/mol. The number of aliphatic hydroxyl groups excluding tert-OH is 1. The molecule has 0 amide bonds. The zero-order valence-electron chi connectivity index (χ0n) is 12.7. The van der Waals surface area contributed by atoms with Gasteiger partial charge in [0.1, 0.15) is 5.75 Å². The highest BCUT2D eigenvalue weighted by atomic mass is 32.1. The molecule has 0 bridgehead atoms. The highest BCUT2D eigenvalue weighted by Crippen LogP contribution is 2.35. The summed E-state index contributed by atoms with van der Waals surface area (Å²) in [6.45, 7) is 4.74. The quantitative estimate of drug-likeness (QED) is 0.856. The Morgan fingerprint density at radius 1 is 1.19 bits per heavy atom. The van der Waals surface area contributed by atoms with E-state index in [1.54, 1.807) is 7.11 Å². The van der Waals surface area contributed by atoms with Crippen LogP contribution >= 0.6 is 11.3 Å². The van der Waals surface area contributed by atoms with E-state index in [4.69, 9.17) is 10.5 Å². The van der Waals surface area contributed by atoms with Crippen LogP contribution in [0, 0.1) is 0 Å². The molecular formula is C17H23NO2S. The largest absolute Gasteiger partial charge is 0.496 e. The van der Waals surface area contributed by atoms with Crippen LogP contribution in [-0.2, 0) is 0 Å². The fourth-order valence-electron chi connectivity index (χ4n) is 2.37. The second kappa shape index (κ2) is 7.07. The number of hydrogen-bond donors (Lipinski definition) is 2. The lowest BCUT2D eigenvalue weighted by atomic mass is 9.90. The minimum atomic E-state index is -0.603. The van der Waals surface area contributed by atoms with Crippen LogP contribution in [-0.4, -0.2) is 18.8 Å². The molecule has 0 saturated heterocycles. The first-order valence-electron chi connectivity index (χ1n) is 7.17. The van der Waals surface area contributed by atoms with Gasteiger partial charge in [-0.15, -0.1) is 11.3 Å². The summed E-state index contributed by atoms with van der Waals surface area (Å²) >= 11 is 1.50. The summed E-state index contributed by atoms with van der Waals surface area (Å²) in [5.41, 5.74) is 8.26. The van der Waals surface area contributed by atoms with Crippen LogP contribution in [0.15, 0.2) is 35.7 Å². The number of aliphatic hydroxyl groups is 1. The summed E-state index contributed by atoms with van der Waals surface area (Å²) < 4.78 is 5.17. The average molecular weight is 305 g/mol. The number of methoxy groups -OCH3 is 1. The molecule has 0 aliphatic heterocycles. The van der Waals surface area contributed by atoms with Gasteiger partial charge in [-0.1, -0.05) is 38.1 Å². The predicted molar refractivity (Wildman–Crippen MR) is 88.2 cm³/mol. The predicted octanol–water partition coefficient (Wildman–Crippen LogP) is 3.66. The first-order chi connectivity index (χ1) is 10.1. The van der Waals surface area contributed by atoms with E-state index in [2.05, 4.69) is 38.1 Å². The van der Waals surface area contributed by atoms with Crippen molar-refractivity contribution in [3.05, 3.63) is 51.7 Å². The Hall–Kier alpha value is -1.36. The summed E-state index contributed by atoms with van der Waals surface area (Å²) in [5.74, 6) is 1.18. The number of benzene rings is 1. The summed E-state index contributed by atoms with van der Waals surface area (Å²) in [6, 6.07) is 10.2. The SMILES string of the molecule is COc1csc(C(O)C(CN)c2ccc(C(C)C)cc2)c1. The third kappa shape index (κ3) is 3.64. The smallest absolute Gasteiger partial charge is 0.129 e. The molecule has 2 rings (SSSR count). The van der Waals surface area contributed by atoms with Gasteiger partial charge in [0.15, 0.2) is 0 Å².